The Morgan fingerprint density at radius 3 is 2.54 bits per heavy atom. The van der Waals surface area contributed by atoms with Crippen LogP contribution in [0.4, 0.5) is 24.5 Å². The number of alkyl halides is 3. The number of ether oxygens (including phenoxy) is 1. The van der Waals surface area contributed by atoms with E-state index in [4.69, 9.17) is 4.74 Å². The highest BCUT2D eigenvalue weighted by Crippen LogP contribution is 2.34. The van der Waals surface area contributed by atoms with E-state index in [0.717, 1.165) is 25.0 Å². The molecule has 0 atom stereocenters. The van der Waals surface area contributed by atoms with E-state index in [1.807, 2.05) is 0 Å². The van der Waals surface area contributed by atoms with Gasteiger partial charge in [0.1, 0.15) is 5.69 Å². The van der Waals surface area contributed by atoms with Gasteiger partial charge < -0.3 is 15.4 Å². The van der Waals surface area contributed by atoms with Crippen molar-refractivity contribution in [3.05, 3.63) is 33.9 Å². The molecule has 0 unspecified atom stereocenters. The van der Waals surface area contributed by atoms with Crippen LogP contribution in [0.15, 0.2) is 18.2 Å². The lowest BCUT2D eigenvalue weighted by molar-refractivity contribution is -0.384. The van der Waals surface area contributed by atoms with Crippen molar-refractivity contribution < 1.29 is 32.4 Å². The molecule has 142 valence electrons. The fourth-order valence-electron chi connectivity index (χ4n) is 2.03. The molecule has 1 aromatic rings. The first-order valence-corrected chi connectivity index (χ1v) is 7.71. The molecule has 1 fully saturated rings. The van der Waals surface area contributed by atoms with Crippen LogP contribution < -0.4 is 10.6 Å². The number of rotatable bonds is 8. The average molecular weight is 375 g/mol. The molecule has 1 saturated carbocycles. The molecule has 2 N–H and O–H groups in total. The normalized spacial score (nSPS) is 13.8. The molecular weight excluding hydrogens is 359 g/mol. The highest BCUT2D eigenvalue weighted by atomic mass is 19.4. The zero-order valence-electron chi connectivity index (χ0n) is 13.5. The number of hydrogen-bond donors (Lipinski definition) is 2. The Morgan fingerprint density at radius 2 is 1.96 bits per heavy atom. The van der Waals surface area contributed by atoms with Crippen molar-refractivity contribution in [3.8, 4) is 0 Å². The number of nitro benzene ring substituents is 1. The molecule has 1 aromatic carbocycles. The van der Waals surface area contributed by atoms with Crippen molar-refractivity contribution in [1.82, 2.24) is 5.32 Å². The highest BCUT2D eigenvalue weighted by Gasteiger charge is 2.33. The summed E-state index contributed by atoms with van der Waals surface area (Å²) in [5.74, 6) is -1.08. The summed E-state index contributed by atoms with van der Waals surface area (Å²) in [5, 5.41) is 15.9. The van der Waals surface area contributed by atoms with Gasteiger partial charge in [-0.05, 0) is 25.0 Å². The molecule has 2 rings (SSSR count). The summed E-state index contributed by atoms with van der Waals surface area (Å²) < 4.78 is 42.6. The third kappa shape index (κ3) is 5.60. The zero-order chi connectivity index (χ0) is 19.3. The van der Waals surface area contributed by atoms with E-state index in [0.29, 0.717) is 6.07 Å². The number of carbonyl (C=O) groups excluding carboxylic acids is 2. The Morgan fingerprint density at radius 1 is 1.27 bits per heavy atom. The molecule has 11 heteroatoms. The first-order valence-electron chi connectivity index (χ1n) is 7.71. The Hall–Kier alpha value is -2.85. The zero-order valence-corrected chi connectivity index (χ0v) is 13.5. The van der Waals surface area contributed by atoms with E-state index < -0.39 is 40.8 Å². The van der Waals surface area contributed by atoms with Crippen molar-refractivity contribution in [2.45, 2.75) is 19.0 Å². The van der Waals surface area contributed by atoms with Gasteiger partial charge in [-0.1, -0.05) is 0 Å². The number of benzene rings is 1. The number of hydrogen-bond acceptors (Lipinski definition) is 6. The van der Waals surface area contributed by atoms with Crippen molar-refractivity contribution in [1.29, 1.82) is 0 Å². The maximum Gasteiger partial charge on any atom is 0.416 e. The van der Waals surface area contributed by atoms with Crippen LogP contribution in [0.2, 0.25) is 0 Å². The first kappa shape index (κ1) is 19.5. The SMILES string of the molecule is O=C(COC(=O)C1CC1)NCCNc1ccc(C(F)(F)F)cc1[N+](=O)[O-]. The molecule has 8 nitrogen and oxygen atoms in total. The van der Waals surface area contributed by atoms with E-state index in [9.17, 15) is 32.9 Å². The summed E-state index contributed by atoms with van der Waals surface area (Å²) in [6, 6.07) is 2.13. The van der Waals surface area contributed by atoms with Crippen LogP contribution in [0.3, 0.4) is 0 Å². The van der Waals surface area contributed by atoms with Crippen molar-refractivity contribution in [2.24, 2.45) is 5.92 Å². The monoisotopic (exact) mass is 375 g/mol. The number of nitro groups is 1. The third-order valence-corrected chi connectivity index (χ3v) is 3.54. The molecule has 1 amide bonds. The average Bonchev–Trinajstić information content (AvgIpc) is 3.40. The fourth-order valence-corrected chi connectivity index (χ4v) is 2.03. The molecule has 0 saturated heterocycles. The fraction of sp³-hybridized carbons (Fsp3) is 0.467. The highest BCUT2D eigenvalue weighted by molar-refractivity contribution is 5.82. The van der Waals surface area contributed by atoms with Crippen molar-refractivity contribution in [2.75, 3.05) is 25.0 Å². The lowest BCUT2D eigenvalue weighted by atomic mass is 10.1. The van der Waals surface area contributed by atoms with Crippen molar-refractivity contribution >= 4 is 23.3 Å². The van der Waals surface area contributed by atoms with Crippen LogP contribution >= 0.6 is 0 Å². The Labute approximate surface area is 145 Å². The molecule has 0 aliphatic heterocycles. The maximum absolute atomic E-state index is 12.6. The van der Waals surface area contributed by atoms with Gasteiger partial charge in [0.15, 0.2) is 6.61 Å². The second-order valence-electron chi connectivity index (χ2n) is 5.65. The summed E-state index contributed by atoms with van der Waals surface area (Å²) in [6.07, 6.45) is -3.16. The topological polar surface area (TPSA) is 111 Å². The predicted octanol–water partition coefficient (Wildman–Crippen LogP) is 2.09. The number of amides is 1. The largest absolute Gasteiger partial charge is 0.455 e. The number of nitrogens with one attached hydrogen (secondary N) is 2. The van der Waals surface area contributed by atoms with Crippen molar-refractivity contribution in [3.63, 3.8) is 0 Å². The van der Waals surface area contributed by atoms with Gasteiger partial charge in [0.2, 0.25) is 0 Å². The van der Waals surface area contributed by atoms with E-state index in [2.05, 4.69) is 10.6 Å². The Balaban J connectivity index is 1.80. The summed E-state index contributed by atoms with van der Waals surface area (Å²) >= 11 is 0. The smallest absolute Gasteiger partial charge is 0.416 e. The number of esters is 1. The quantitative estimate of drug-likeness (QED) is 0.312. The molecule has 0 heterocycles. The molecule has 1 aliphatic rings. The third-order valence-electron chi connectivity index (χ3n) is 3.54. The molecule has 0 spiro atoms. The van der Waals surface area contributed by atoms with Crippen LogP contribution in [-0.2, 0) is 20.5 Å². The predicted molar refractivity (Wildman–Crippen MR) is 83.3 cm³/mol. The number of anilines is 1. The minimum absolute atomic E-state index is 0.0362. The molecule has 0 bridgehead atoms. The van der Waals surface area contributed by atoms with Crippen LogP contribution in [-0.4, -0.2) is 36.5 Å². The number of carbonyl (C=O) groups is 2. The summed E-state index contributed by atoms with van der Waals surface area (Å²) in [7, 11) is 0. The maximum atomic E-state index is 12.6. The first-order chi connectivity index (χ1) is 12.2. The van der Waals surface area contributed by atoms with Crippen LogP contribution in [0, 0.1) is 16.0 Å². The summed E-state index contributed by atoms with van der Waals surface area (Å²) in [6.45, 7) is -0.345. The number of nitrogens with zero attached hydrogens (tertiary/aromatic N) is 1. The minimum atomic E-state index is -4.69. The van der Waals surface area contributed by atoms with Gasteiger partial charge >= 0.3 is 12.1 Å². The Kier molecular flexibility index (Phi) is 6.01. The molecule has 26 heavy (non-hydrogen) atoms. The van der Waals surface area contributed by atoms with E-state index in [-0.39, 0.29) is 24.7 Å². The summed E-state index contributed by atoms with van der Waals surface area (Å²) in [4.78, 5) is 32.8. The van der Waals surface area contributed by atoms with E-state index in [1.165, 1.54) is 0 Å². The van der Waals surface area contributed by atoms with Crippen LogP contribution in [0.5, 0.6) is 0 Å². The molecule has 0 aromatic heterocycles. The van der Waals surface area contributed by atoms with Gasteiger partial charge in [0.05, 0.1) is 16.4 Å². The van der Waals surface area contributed by atoms with Gasteiger partial charge in [-0.15, -0.1) is 0 Å². The lowest BCUT2D eigenvalue weighted by Gasteiger charge is -2.11. The molecule has 0 radical (unpaired) electrons. The van der Waals surface area contributed by atoms with Crippen LogP contribution in [0.25, 0.3) is 0 Å². The standard InChI is InChI=1S/C15H16F3N3O5/c16-15(17,18)10-3-4-11(12(7-10)21(24)25)19-5-6-20-13(22)8-26-14(23)9-1-2-9/h3-4,7,9,19H,1-2,5-6,8H2,(H,20,22). The molecular formula is C15H16F3N3O5. The van der Waals surface area contributed by atoms with Gasteiger partial charge in [0, 0.05) is 19.2 Å². The summed E-state index contributed by atoms with van der Waals surface area (Å²) in [5.41, 5.74) is -1.94. The van der Waals surface area contributed by atoms with Gasteiger partial charge in [-0.2, -0.15) is 13.2 Å². The van der Waals surface area contributed by atoms with Gasteiger partial charge in [0.25, 0.3) is 11.6 Å². The van der Waals surface area contributed by atoms with Gasteiger partial charge in [-0.3, -0.25) is 19.7 Å². The van der Waals surface area contributed by atoms with E-state index in [1.54, 1.807) is 0 Å². The van der Waals surface area contributed by atoms with Gasteiger partial charge in [-0.25, -0.2) is 0 Å². The second kappa shape index (κ2) is 8.02. The second-order valence-corrected chi connectivity index (χ2v) is 5.65. The molecule has 1 aliphatic carbocycles. The van der Waals surface area contributed by atoms with E-state index >= 15 is 0 Å². The Bertz CT molecular complexity index is 704. The number of halogens is 3. The lowest BCUT2D eigenvalue weighted by Crippen LogP contribution is -2.32. The van der Waals surface area contributed by atoms with Crippen LogP contribution in [0.1, 0.15) is 18.4 Å². The minimum Gasteiger partial charge on any atom is -0.455 e.